The average Bonchev–Trinajstić information content (AvgIpc) is 2.68. The van der Waals surface area contributed by atoms with Crippen LogP contribution in [0, 0.1) is 34.5 Å². The molecule has 6 aliphatic rings. The van der Waals surface area contributed by atoms with Crippen LogP contribution in [-0.2, 0) is 14.3 Å². The lowest BCUT2D eigenvalue weighted by Gasteiger charge is -2.56. The van der Waals surface area contributed by atoms with E-state index in [0.29, 0.717) is 23.9 Å². The molecular formula is C26H40O4. The Kier molecular flexibility index (Phi) is 6.84. The summed E-state index contributed by atoms with van der Waals surface area (Å²) in [7, 11) is 0. The van der Waals surface area contributed by atoms with Crippen LogP contribution in [0.5, 0.6) is 0 Å². The molecule has 168 valence electrons. The second-order valence-corrected chi connectivity index (χ2v) is 11.0. The summed E-state index contributed by atoms with van der Waals surface area (Å²) in [6.45, 7) is 11.5. The van der Waals surface area contributed by atoms with Crippen molar-refractivity contribution >= 4 is 11.9 Å². The smallest absolute Gasteiger partial charge is 0.303 e. The standard InChI is InChI=1S/2C13H20O2/c1-9(14)15-7-6-10-4-5-11-8-12(10)13(11,2)3;1-13(2)10-7-6-9(11(13)8-10)4-3-5-12(14)15/h4,11-12H,5-8H2,1-3H3;6,10-11H,3-5,7-8H2,1-2H3,(H,14,15). The quantitative estimate of drug-likeness (QED) is 0.398. The first-order chi connectivity index (χ1) is 14.0. The molecule has 0 aliphatic heterocycles. The van der Waals surface area contributed by atoms with Crippen molar-refractivity contribution in [1.82, 2.24) is 0 Å². The van der Waals surface area contributed by atoms with E-state index < -0.39 is 5.97 Å². The van der Waals surface area contributed by atoms with E-state index >= 15 is 0 Å². The molecule has 0 radical (unpaired) electrons. The van der Waals surface area contributed by atoms with Crippen molar-refractivity contribution in [1.29, 1.82) is 0 Å². The van der Waals surface area contributed by atoms with Crippen molar-refractivity contribution in [2.45, 2.75) is 86.0 Å². The minimum atomic E-state index is -0.669. The molecule has 4 nitrogen and oxygen atoms in total. The third-order valence-corrected chi connectivity index (χ3v) is 8.72. The second-order valence-electron chi connectivity index (χ2n) is 11.0. The molecule has 30 heavy (non-hydrogen) atoms. The zero-order chi connectivity index (χ0) is 22.1. The summed E-state index contributed by atoms with van der Waals surface area (Å²) < 4.78 is 5.00. The molecule has 0 amide bonds. The minimum absolute atomic E-state index is 0.169. The lowest BCUT2D eigenvalue weighted by molar-refractivity contribution is -0.141. The first kappa shape index (κ1) is 23.1. The molecular weight excluding hydrogens is 376 g/mol. The van der Waals surface area contributed by atoms with Gasteiger partial charge in [0.2, 0.25) is 0 Å². The molecule has 2 saturated carbocycles. The van der Waals surface area contributed by atoms with Crippen LogP contribution in [0.15, 0.2) is 23.3 Å². The van der Waals surface area contributed by atoms with Crippen LogP contribution in [0.2, 0.25) is 0 Å². The molecule has 1 N–H and O–H groups in total. The van der Waals surface area contributed by atoms with Crippen LogP contribution < -0.4 is 0 Å². The minimum Gasteiger partial charge on any atom is -0.481 e. The molecule has 0 heterocycles. The van der Waals surface area contributed by atoms with Crippen molar-refractivity contribution < 1.29 is 19.4 Å². The topological polar surface area (TPSA) is 63.6 Å². The Morgan fingerprint density at radius 2 is 1.47 bits per heavy atom. The van der Waals surface area contributed by atoms with Gasteiger partial charge in [-0.25, -0.2) is 0 Å². The highest BCUT2D eigenvalue weighted by molar-refractivity contribution is 5.66. The Labute approximate surface area is 182 Å². The molecule has 4 atom stereocenters. The first-order valence-corrected chi connectivity index (χ1v) is 11.8. The molecule has 0 aromatic carbocycles. The highest BCUT2D eigenvalue weighted by atomic mass is 16.5. The molecule has 2 fully saturated rings. The molecule has 4 bridgehead atoms. The second kappa shape index (κ2) is 8.88. The summed E-state index contributed by atoms with van der Waals surface area (Å²) in [5, 5.41) is 8.60. The molecule has 6 aliphatic carbocycles. The summed E-state index contributed by atoms with van der Waals surface area (Å²) in [6, 6.07) is 0. The van der Waals surface area contributed by atoms with Crippen molar-refractivity contribution in [3.8, 4) is 0 Å². The van der Waals surface area contributed by atoms with E-state index in [0.717, 1.165) is 42.9 Å². The maximum atomic E-state index is 10.7. The number of esters is 1. The van der Waals surface area contributed by atoms with Crippen LogP contribution in [0.4, 0.5) is 0 Å². The normalized spacial score (nSPS) is 31.6. The van der Waals surface area contributed by atoms with Crippen molar-refractivity contribution in [2.75, 3.05) is 6.61 Å². The van der Waals surface area contributed by atoms with E-state index in [-0.39, 0.29) is 5.97 Å². The maximum absolute atomic E-state index is 10.7. The Morgan fingerprint density at radius 3 is 1.87 bits per heavy atom. The fourth-order valence-electron chi connectivity index (χ4n) is 6.27. The number of allylic oxidation sites excluding steroid dienone is 3. The first-order valence-electron chi connectivity index (χ1n) is 11.8. The van der Waals surface area contributed by atoms with E-state index in [4.69, 9.17) is 9.84 Å². The third kappa shape index (κ3) is 4.68. The van der Waals surface area contributed by atoms with Crippen LogP contribution >= 0.6 is 0 Å². The van der Waals surface area contributed by atoms with E-state index in [2.05, 4.69) is 39.8 Å². The SMILES string of the molecule is CC(=O)OCCC1=CCC2CC1C2(C)C.CC1(C)C2CC=C(CCCC(=O)O)C1C2. The van der Waals surface area contributed by atoms with Gasteiger partial charge in [0.1, 0.15) is 0 Å². The molecule has 0 aromatic rings. The highest BCUT2D eigenvalue weighted by Gasteiger charge is 2.51. The van der Waals surface area contributed by atoms with E-state index in [1.54, 1.807) is 0 Å². The van der Waals surface area contributed by atoms with Gasteiger partial charge in [-0.3, -0.25) is 9.59 Å². The zero-order valence-electron chi connectivity index (χ0n) is 19.5. The van der Waals surface area contributed by atoms with Crippen molar-refractivity contribution in [3.05, 3.63) is 23.3 Å². The zero-order valence-corrected chi connectivity index (χ0v) is 19.5. The van der Waals surface area contributed by atoms with Crippen molar-refractivity contribution in [3.63, 3.8) is 0 Å². The Morgan fingerprint density at radius 1 is 0.967 bits per heavy atom. The number of fused-ring (bicyclic) bond motifs is 2. The van der Waals surface area contributed by atoms with Gasteiger partial charge >= 0.3 is 11.9 Å². The number of carbonyl (C=O) groups excluding carboxylic acids is 1. The number of carboxylic acids is 1. The fourth-order valence-corrected chi connectivity index (χ4v) is 6.27. The van der Waals surface area contributed by atoms with Crippen LogP contribution in [0.3, 0.4) is 0 Å². The number of rotatable bonds is 7. The molecule has 4 heteroatoms. The number of carbonyl (C=O) groups is 2. The van der Waals surface area contributed by atoms with Gasteiger partial charge in [0, 0.05) is 19.8 Å². The summed E-state index contributed by atoms with van der Waals surface area (Å²) in [5.41, 5.74) is 4.01. The third-order valence-electron chi connectivity index (χ3n) is 8.72. The van der Waals surface area contributed by atoms with Crippen LogP contribution in [0.25, 0.3) is 0 Å². The Bertz CT molecular complexity index is 665. The van der Waals surface area contributed by atoms with Gasteiger partial charge in [0.05, 0.1) is 6.61 Å². The molecule has 4 unspecified atom stereocenters. The monoisotopic (exact) mass is 416 g/mol. The number of aliphatic carboxylic acids is 1. The predicted octanol–water partition coefficient (Wildman–Crippen LogP) is 6.17. The predicted molar refractivity (Wildman–Crippen MR) is 119 cm³/mol. The molecule has 0 spiro atoms. The van der Waals surface area contributed by atoms with Gasteiger partial charge in [-0.05, 0) is 73.0 Å². The largest absolute Gasteiger partial charge is 0.481 e. The van der Waals surface area contributed by atoms with Gasteiger partial charge < -0.3 is 9.84 Å². The lowest BCUT2D eigenvalue weighted by Crippen LogP contribution is -2.48. The summed E-state index contributed by atoms with van der Waals surface area (Å²) in [4.78, 5) is 21.1. The van der Waals surface area contributed by atoms with Gasteiger partial charge in [-0.15, -0.1) is 0 Å². The number of hydrogen-bond acceptors (Lipinski definition) is 3. The Balaban J connectivity index is 0.000000171. The average molecular weight is 417 g/mol. The van der Waals surface area contributed by atoms with Gasteiger partial charge in [-0.1, -0.05) is 51.0 Å². The van der Waals surface area contributed by atoms with Gasteiger partial charge in [-0.2, -0.15) is 0 Å². The summed E-state index contributed by atoms with van der Waals surface area (Å²) in [5.74, 6) is 2.41. The lowest BCUT2D eigenvalue weighted by atomic mass is 9.48. The Hall–Kier alpha value is -1.58. The maximum Gasteiger partial charge on any atom is 0.303 e. The van der Waals surface area contributed by atoms with Crippen LogP contribution in [-0.4, -0.2) is 23.7 Å². The molecule has 0 saturated heterocycles. The number of hydrogen-bond donors (Lipinski definition) is 1. The van der Waals surface area contributed by atoms with Crippen molar-refractivity contribution in [2.24, 2.45) is 34.5 Å². The van der Waals surface area contributed by atoms with E-state index in [1.807, 2.05) is 0 Å². The van der Waals surface area contributed by atoms with Gasteiger partial charge in [0.25, 0.3) is 0 Å². The number of carboxylic acid groups (broad SMARTS) is 1. The van der Waals surface area contributed by atoms with E-state index in [1.165, 1.54) is 43.8 Å². The molecule has 6 rings (SSSR count). The van der Waals surface area contributed by atoms with Gasteiger partial charge in [0.15, 0.2) is 0 Å². The van der Waals surface area contributed by atoms with Crippen LogP contribution in [0.1, 0.15) is 86.0 Å². The van der Waals surface area contributed by atoms with E-state index in [9.17, 15) is 9.59 Å². The summed E-state index contributed by atoms with van der Waals surface area (Å²) in [6.07, 6.45) is 12.9. The summed E-state index contributed by atoms with van der Waals surface area (Å²) >= 11 is 0. The number of ether oxygens (including phenoxy) is 1. The molecule has 0 aromatic heterocycles. The highest BCUT2D eigenvalue weighted by Crippen LogP contribution is 2.60. The fraction of sp³-hybridized carbons (Fsp3) is 0.769.